The number of rotatable bonds is 7. The zero-order valence-corrected chi connectivity index (χ0v) is 18.2. The van der Waals surface area contributed by atoms with E-state index in [1.807, 2.05) is 30.3 Å². The van der Waals surface area contributed by atoms with Crippen LogP contribution in [-0.2, 0) is 10.0 Å². The van der Waals surface area contributed by atoms with Crippen LogP contribution in [-0.4, -0.2) is 57.1 Å². The topological polar surface area (TPSA) is 69.7 Å². The van der Waals surface area contributed by atoms with Crippen molar-refractivity contribution in [2.75, 3.05) is 43.4 Å². The Labute approximate surface area is 181 Å². The van der Waals surface area contributed by atoms with E-state index < -0.39 is 10.0 Å². The Balaban J connectivity index is 1.44. The summed E-state index contributed by atoms with van der Waals surface area (Å²) in [7, 11) is -3.35. The number of carbonyl (C=O) groups excluding carboxylic acids is 1. The molecule has 0 bridgehead atoms. The number of piperazine rings is 1. The normalized spacial score (nSPS) is 15.3. The van der Waals surface area contributed by atoms with Gasteiger partial charge in [-0.1, -0.05) is 41.4 Å². The van der Waals surface area contributed by atoms with Crippen LogP contribution in [0.3, 0.4) is 0 Å². The Morgan fingerprint density at radius 3 is 2.34 bits per heavy atom. The first-order chi connectivity index (χ1) is 13.9. The van der Waals surface area contributed by atoms with Crippen molar-refractivity contribution in [2.45, 2.75) is 6.42 Å². The van der Waals surface area contributed by atoms with E-state index in [2.05, 4.69) is 10.2 Å². The molecule has 1 fully saturated rings. The number of nitrogens with one attached hydrogen (secondary N) is 1. The van der Waals surface area contributed by atoms with Crippen LogP contribution < -0.4 is 10.2 Å². The van der Waals surface area contributed by atoms with Gasteiger partial charge in [-0.3, -0.25) is 4.79 Å². The van der Waals surface area contributed by atoms with Crippen molar-refractivity contribution in [3.8, 4) is 0 Å². The summed E-state index contributed by atoms with van der Waals surface area (Å²) in [6.45, 7) is 2.50. The molecule has 1 saturated heterocycles. The minimum absolute atomic E-state index is 0.00698. The standard InChI is InChI=1S/C20H23Cl2N3O3S/c21-16-7-8-18(19(22)15-16)20(26)23-9-4-14-29(27,28)25-12-10-24(11-13-25)17-5-2-1-3-6-17/h1-3,5-8,15H,4,9-14H2,(H,23,26). The highest BCUT2D eigenvalue weighted by Gasteiger charge is 2.26. The molecule has 0 aliphatic carbocycles. The van der Waals surface area contributed by atoms with E-state index in [4.69, 9.17) is 23.2 Å². The lowest BCUT2D eigenvalue weighted by Crippen LogP contribution is -2.49. The van der Waals surface area contributed by atoms with Gasteiger partial charge in [0.25, 0.3) is 5.91 Å². The third kappa shape index (κ3) is 5.85. The lowest BCUT2D eigenvalue weighted by atomic mass is 10.2. The highest BCUT2D eigenvalue weighted by atomic mass is 35.5. The Kier molecular flexibility index (Phi) is 7.40. The van der Waals surface area contributed by atoms with Gasteiger partial charge in [-0.15, -0.1) is 0 Å². The number of sulfonamides is 1. The van der Waals surface area contributed by atoms with Gasteiger partial charge in [0.1, 0.15) is 0 Å². The fourth-order valence-corrected chi connectivity index (χ4v) is 5.20. The first kappa shape index (κ1) is 21.9. The Bertz CT molecular complexity index is 947. The van der Waals surface area contributed by atoms with Gasteiger partial charge < -0.3 is 10.2 Å². The van der Waals surface area contributed by atoms with E-state index >= 15 is 0 Å². The van der Waals surface area contributed by atoms with Gasteiger partial charge in [0.2, 0.25) is 10.0 Å². The molecule has 0 spiro atoms. The van der Waals surface area contributed by atoms with Crippen LogP contribution in [0.25, 0.3) is 0 Å². The van der Waals surface area contributed by atoms with Crippen molar-refractivity contribution in [2.24, 2.45) is 0 Å². The monoisotopic (exact) mass is 455 g/mol. The molecule has 1 amide bonds. The molecule has 0 aromatic heterocycles. The molecule has 0 unspecified atom stereocenters. The average molecular weight is 456 g/mol. The largest absolute Gasteiger partial charge is 0.369 e. The highest BCUT2D eigenvalue weighted by molar-refractivity contribution is 7.89. The number of anilines is 1. The van der Waals surface area contributed by atoms with Crippen molar-refractivity contribution in [1.29, 1.82) is 0 Å². The van der Waals surface area contributed by atoms with Crippen molar-refractivity contribution < 1.29 is 13.2 Å². The second-order valence-electron chi connectivity index (χ2n) is 6.77. The lowest BCUT2D eigenvalue weighted by molar-refractivity contribution is 0.0954. The van der Waals surface area contributed by atoms with Crippen LogP contribution >= 0.6 is 23.2 Å². The molecule has 0 radical (unpaired) electrons. The van der Waals surface area contributed by atoms with Crippen LogP contribution in [0.2, 0.25) is 10.0 Å². The minimum Gasteiger partial charge on any atom is -0.369 e. The molecule has 1 heterocycles. The van der Waals surface area contributed by atoms with E-state index in [-0.39, 0.29) is 23.2 Å². The number of carbonyl (C=O) groups is 1. The summed E-state index contributed by atoms with van der Waals surface area (Å²) in [6.07, 6.45) is 0.332. The zero-order chi connectivity index (χ0) is 20.9. The van der Waals surface area contributed by atoms with Gasteiger partial charge in [-0.2, -0.15) is 4.31 Å². The third-order valence-corrected chi connectivity index (χ3v) is 7.30. The van der Waals surface area contributed by atoms with Crippen LogP contribution in [0, 0.1) is 0 Å². The molecule has 2 aromatic carbocycles. The predicted molar refractivity (Wildman–Crippen MR) is 117 cm³/mol. The Hall–Kier alpha value is -1.80. The van der Waals surface area contributed by atoms with Gasteiger partial charge in [-0.25, -0.2) is 8.42 Å². The van der Waals surface area contributed by atoms with Crippen LogP contribution in [0.1, 0.15) is 16.8 Å². The molecule has 0 atom stereocenters. The fourth-order valence-electron chi connectivity index (χ4n) is 3.22. The third-order valence-electron chi connectivity index (χ3n) is 4.79. The summed E-state index contributed by atoms with van der Waals surface area (Å²) < 4.78 is 26.7. The molecule has 29 heavy (non-hydrogen) atoms. The number of hydrogen-bond donors (Lipinski definition) is 1. The van der Waals surface area contributed by atoms with E-state index in [1.165, 1.54) is 10.4 Å². The van der Waals surface area contributed by atoms with Crippen LogP contribution in [0.15, 0.2) is 48.5 Å². The number of hydrogen-bond acceptors (Lipinski definition) is 4. The molecule has 1 aliphatic heterocycles. The second-order valence-corrected chi connectivity index (χ2v) is 9.70. The van der Waals surface area contributed by atoms with Gasteiger partial charge in [-0.05, 0) is 36.8 Å². The van der Waals surface area contributed by atoms with E-state index in [1.54, 1.807) is 12.1 Å². The maximum atomic E-state index is 12.6. The molecule has 156 valence electrons. The Morgan fingerprint density at radius 2 is 1.69 bits per heavy atom. The summed E-state index contributed by atoms with van der Waals surface area (Å²) in [6, 6.07) is 14.6. The van der Waals surface area contributed by atoms with Gasteiger partial charge >= 0.3 is 0 Å². The molecule has 1 N–H and O–H groups in total. The number of nitrogens with zero attached hydrogens (tertiary/aromatic N) is 2. The number of para-hydroxylation sites is 1. The lowest BCUT2D eigenvalue weighted by Gasteiger charge is -2.35. The molecule has 9 heteroatoms. The maximum absolute atomic E-state index is 12.6. The molecular formula is C20H23Cl2N3O3S. The fraction of sp³-hybridized carbons (Fsp3) is 0.350. The van der Waals surface area contributed by atoms with Crippen molar-refractivity contribution in [3.05, 3.63) is 64.1 Å². The molecule has 1 aliphatic rings. The number of benzene rings is 2. The molecule has 0 saturated carbocycles. The highest BCUT2D eigenvalue weighted by Crippen LogP contribution is 2.21. The maximum Gasteiger partial charge on any atom is 0.252 e. The first-order valence-corrected chi connectivity index (χ1v) is 11.7. The molecular weight excluding hydrogens is 433 g/mol. The van der Waals surface area contributed by atoms with Gasteiger partial charge in [0.05, 0.1) is 16.3 Å². The SMILES string of the molecule is O=C(NCCCS(=O)(=O)N1CCN(c2ccccc2)CC1)c1ccc(Cl)cc1Cl. The predicted octanol–water partition coefficient (Wildman–Crippen LogP) is 3.27. The van der Waals surface area contributed by atoms with Gasteiger partial charge in [0.15, 0.2) is 0 Å². The average Bonchev–Trinajstić information content (AvgIpc) is 2.72. The van der Waals surface area contributed by atoms with E-state index in [0.29, 0.717) is 43.2 Å². The van der Waals surface area contributed by atoms with E-state index in [9.17, 15) is 13.2 Å². The van der Waals surface area contributed by atoms with E-state index in [0.717, 1.165) is 5.69 Å². The summed E-state index contributed by atoms with van der Waals surface area (Å²) in [4.78, 5) is 14.4. The first-order valence-electron chi connectivity index (χ1n) is 9.38. The summed E-state index contributed by atoms with van der Waals surface area (Å²) in [5.74, 6) is -0.354. The summed E-state index contributed by atoms with van der Waals surface area (Å²) in [5.41, 5.74) is 1.42. The van der Waals surface area contributed by atoms with Gasteiger partial charge in [0, 0.05) is 43.4 Å². The molecule has 3 rings (SSSR count). The van der Waals surface area contributed by atoms with Crippen LogP contribution in [0.5, 0.6) is 0 Å². The summed E-state index contributed by atoms with van der Waals surface area (Å²) >= 11 is 11.8. The Morgan fingerprint density at radius 1 is 1.00 bits per heavy atom. The number of halogens is 2. The van der Waals surface area contributed by atoms with Crippen molar-refractivity contribution in [3.63, 3.8) is 0 Å². The molecule has 6 nitrogen and oxygen atoms in total. The zero-order valence-electron chi connectivity index (χ0n) is 15.9. The second kappa shape index (κ2) is 9.80. The quantitative estimate of drug-likeness (QED) is 0.650. The number of amides is 1. The minimum atomic E-state index is -3.35. The smallest absolute Gasteiger partial charge is 0.252 e. The molecule has 2 aromatic rings. The van der Waals surface area contributed by atoms with Crippen molar-refractivity contribution in [1.82, 2.24) is 9.62 Å². The van der Waals surface area contributed by atoms with Crippen LogP contribution in [0.4, 0.5) is 5.69 Å². The summed E-state index contributed by atoms with van der Waals surface area (Å²) in [5, 5.41) is 3.42. The van der Waals surface area contributed by atoms with Crippen molar-refractivity contribution >= 4 is 44.8 Å².